The van der Waals surface area contributed by atoms with Gasteiger partial charge in [0.1, 0.15) is 5.75 Å². The van der Waals surface area contributed by atoms with Gasteiger partial charge in [0.2, 0.25) is 5.78 Å². The number of nitrogens with zero attached hydrogens (tertiary/aromatic N) is 2. The minimum Gasteiger partial charge on any atom is -0.503 e. The predicted octanol–water partition coefficient (Wildman–Crippen LogP) is 4.85. The molecule has 1 N–H and O–H groups in total. The van der Waals surface area contributed by atoms with Crippen LogP contribution in [0.15, 0.2) is 53.1 Å². The van der Waals surface area contributed by atoms with Crippen molar-refractivity contribution in [3.8, 4) is 5.75 Å². The Balaban J connectivity index is 1.92. The third kappa shape index (κ3) is 5.22. The number of carbonyl (C=O) groups excluding carboxylic acids is 2. The molecular formula is C25H32N2O4S. The first-order valence-corrected chi connectivity index (χ1v) is 12.1. The van der Waals surface area contributed by atoms with Crippen LogP contribution in [0.5, 0.6) is 5.75 Å². The average molecular weight is 457 g/mol. The number of rotatable bonds is 11. The summed E-state index contributed by atoms with van der Waals surface area (Å²) in [5.41, 5.74) is 0.930. The van der Waals surface area contributed by atoms with Crippen LogP contribution in [0.3, 0.4) is 0 Å². The maximum Gasteiger partial charge on any atom is 0.290 e. The Morgan fingerprint density at radius 2 is 1.88 bits per heavy atom. The molecule has 0 fully saturated rings. The van der Waals surface area contributed by atoms with E-state index in [1.54, 1.807) is 17.0 Å². The summed E-state index contributed by atoms with van der Waals surface area (Å²) in [5.74, 6) is -0.513. The SMILES string of the molecule is CCN(CC)CCCN1C(=O)C(O)=C(C(=O)c2cccs2)C1c1ccc(OC(C)C)cc1. The smallest absolute Gasteiger partial charge is 0.290 e. The van der Waals surface area contributed by atoms with Crippen LogP contribution in [-0.4, -0.2) is 58.9 Å². The summed E-state index contributed by atoms with van der Waals surface area (Å²) in [5, 5.41) is 12.6. The summed E-state index contributed by atoms with van der Waals surface area (Å²) in [6.07, 6.45) is 0.803. The van der Waals surface area contributed by atoms with E-state index in [0.717, 1.165) is 37.4 Å². The zero-order chi connectivity index (χ0) is 23.3. The first-order chi connectivity index (χ1) is 15.4. The van der Waals surface area contributed by atoms with Gasteiger partial charge in [-0.2, -0.15) is 0 Å². The molecule has 2 aromatic rings. The maximum atomic E-state index is 13.3. The van der Waals surface area contributed by atoms with Crippen LogP contribution < -0.4 is 4.74 Å². The maximum absolute atomic E-state index is 13.3. The molecule has 1 amide bonds. The molecule has 1 aliphatic rings. The van der Waals surface area contributed by atoms with E-state index in [1.165, 1.54) is 11.3 Å². The van der Waals surface area contributed by atoms with Crippen LogP contribution in [0.4, 0.5) is 0 Å². The molecule has 1 aliphatic heterocycles. The first kappa shape index (κ1) is 24.0. The van der Waals surface area contributed by atoms with Crippen LogP contribution >= 0.6 is 11.3 Å². The molecule has 3 rings (SSSR count). The fourth-order valence-corrected chi connectivity index (χ4v) is 4.69. The molecule has 0 radical (unpaired) electrons. The molecule has 6 nitrogen and oxygen atoms in total. The van der Waals surface area contributed by atoms with E-state index in [4.69, 9.17) is 4.74 Å². The second-order valence-corrected chi connectivity index (χ2v) is 9.03. The van der Waals surface area contributed by atoms with Crippen molar-refractivity contribution in [3.63, 3.8) is 0 Å². The van der Waals surface area contributed by atoms with Gasteiger partial charge in [-0.25, -0.2) is 0 Å². The van der Waals surface area contributed by atoms with Crippen LogP contribution in [-0.2, 0) is 4.79 Å². The van der Waals surface area contributed by atoms with Gasteiger partial charge < -0.3 is 19.6 Å². The van der Waals surface area contributed by atoms with Gasteiger partial charge in [0.05, 0.1) is 22.6 Å². The van der Waals surface area contributed by atoms with Crippen molar-refractivity contribution >= 4 is 23.0 Å². The van der Waals surface area contributed by atoms with Crippen LogP contribution in [0.1, 0.15) is 55.4 Å². The van der Waals surface area contributed by atoms with E-state index in [2.05, 4.69) is 18.7 Å². The molecular weight excluding hydrogens is 424 g/mol. The van der Waals surface area contributed by atoms with Gasteiger partial charge in [0, 0.05) is 6.54 Å². The number of ether oxygens (including phenoxy) is 1. The zero-order valence-electron chi connectivity index (χ0n) is 19.2. The monoisotopic (exact) mass is 456 g/mol. The highest BCUT2D eigenvalue weighted by Crippen LogP contribution is 2.40. The van der Waals surface area contributed by atoms with Gasteiger partial charge in [-0.1, -0.05) is 32.0 Å². The van der Waals surface area contributed by atoms with Crippen molar-refractivity contribution in [1.82, 2.24) is 9.80 Å². The summed E-state index contributed by atoms with van der Waals surface area (Å²) in [6, 6.07) is 10.3. The van der Waals surface area contributed by atoms with Crippen molar-refractivity contribution in [2.45, 2.75) is 46.3 Å². The standard InChI is InChI=1S/C25H32N2O4S/c1-5-26(6-2)14-8-15-27-22(18-10-12-19(13-11-18)31-17(3)4)21(24(29)25(27)30)23(28)20-9-7-16-32-20/h7,9-13,16-17,22,29H,5-6,8,14-15H2,1-4H3. The molecule has 172 valence electrons. The number of benzene rings is 1. The van der Waals surface area contributed by atoms with E-state index in [0.29, 0.717) is 11.4 Å². The van der Waals surface area contributed by atoms with Gasteiger partial charge in [-0.15, -0.1) is 11.3 Å². The highest BCUT2D eigenvalue weighted by Gasteiger charge is 2.43. The number of hydrogen-bond donors (Lipinski definition) is 1. The van der Waals surface area contributed by atoms with Crippen molar-refractivity contribution < 1.29 is 19.4 Å². The molecule has 1 aromatic heterocycles. The molecule has 0 saturated heterocycles. The summed E-state index contributed by atoms with van der Waals surface area (Å²) >= 11 is 1.31. The first-order valence-electron chi connectivity index (χ1n) is 11.2. The Hall–Kier alpha value is -2.64. The van der Waals surface area contributed by atoms with Crippen LogP contribution in [0.25, 0.3) is 0 Å². The Bertz CT molecular complexity index is 947. The number of thiophene rings is 1. The number of ketones is 1. The molecule has 7 heteroatoms. The van der Waals surface area contributed by atoms with Gasteiger partial charge in [0.25, 0.3) is 5.91 Å². The quantitative estimate of drug-likeness (QED) is 0.490. The molecule has 0 bridgehead atoms. The zero-order valence-corrected chi connectivity index (χ0v) is 20.0. The second kappa shape index (κ2) is 10.8. The molecule has 2 heterocycles. The van der Waals surface area contributed by atoms with Crippen molar-refractivity contribution in [2.24, 2.45) is 0 Å². The normalized spacial score (nSPS) is 16.5. The largest absolute Gasteiger partial charge is 0.503 e. The number of aliphatic hydroxyl groups excluding tert-OH is 1. The number of aliphatic hydroxyl groups is 1. The lowest BCUT2D eigenvalue weighted by Gasteiger charge is -2.28. The van der Waals surface area contributed by atoms with E-state index in [-0.39, 0.29) is 17.5 Å². The third-order valence-electron chi connectivity index (χ3n) is 5.63. The molecule has 1 atom stereocenters. The van der Waals surface area contributed by atoms with Gasteiger partial charge in [-0.3, -0.25) is 9.59 Å². The Kier molecular flexibility index (Phi) is 8.10. The molecule has 0 spiro atoms. The summed E-state index contributed by atoms with van der Waals surface area (Å²) in [4.78, 5) is 30.7. The van der Waals surface area contributed by atoms with Crippen molar-refractivity contribution in [2.75, 3.05) is 26.2 Å². The molecule has 1 unspecified atom stereocenters. The van der Waals surface area contributed by atoms with Crippen LogP contribution in [0, 0.1) is 0 Å². The van der Waals surface area contributed by atoms with Crippen molar-refractivity contribution in [1.29, 1.82) is 0 Å². The summed E-state index contributed by atoms with van der Waals surface area (Å²) < 4.78 is 5.74. The minimum absolute atomic E-state index is 0.0467. The van der Waals surface area contributed by atoms with E-state index in [9.17, 15) is 14.7 Å². The van der Waals surface area contributed by atoms with Crippen molar-refractivity contribution in [3.05, 3.63) is 63.6 Å². The van der Waals surface area contributed by atoms with E-state index >= 15 is 0 Å². The molecule has 32 heavy (non-hydrogen) atoms. The topological polar surface area (TPSA) is 70.1 Å². The average Bonchev–Trinajstić information content (AvgIpc) is 3.39. The summed E-state index contributed by atoms with van der Waals surface area (Å²) in [6.45, 7) is 11.3. The van der Waals surface area contributed by atoms with E-state index < -0.39 is 17.7 Å². The van der Waals surface area contributed by atoms with Gasteiger partial charge >= 0.3 is 0 Å². The Morgan fingerprint density at radius 1 is 1.19 bits per heavy atom. The third-order valence-corrected chi connectivity index (χ3v) is 6.50. The lowest BCUT2D eigenvalue weighted by molar-refractivity contribution is -0.129. The lowest BCUT2D eigenvalue weighted by atomic mass is 9.95. The number of amides is 1. The molecule has 0 saturated carbocycles. The van der Waals surface area contributed by atoms with E-state index in [1.807, 2.05) is 43.5 Å². The number of carbonyl (C=O) groups is 2. The fraction of sp³-hybridized carbons (Fsp3) is 0.440. The molecule has 1 aromatic carbocycles. The number of hydrogen-bond acceptors (Lipinski definition) is 6. The minimum atomic E-state index is -0.623. The van der Waals surface area contributed by atoms with Crippen LogP contribution in [0.2, 0.25) is 0 Å². The Labute approximate surface area is 194 Å². The van der Waals surface area contributed by atoms with Gasteiger partial charge in [0.15, 0.2) is 5.76 Å². The summed E-state index contributed by atoms with van der Waals surface area (Å²) in [7, 11) is 0. The number of Topliss-reactive ketones (excluding diaryl/α,β-unsaturated/α-hetero) is 1. The second-order valence-electron chi connectivity index (χ2n) is 8.09. The highest BCUT2D eigenvalue weighted by molar-refractivity contribution is 7.12. The highest BCUT2D eigenvalue weighted by atomic mass is 32.1. The Morgan fingerprint density at radius 3 is 2.44 bits per heavy atom. The molecule has 0 aliphatic carbocycles. The lowest BCUT2D eigenvalue weighted by Crippen LogP contribution is -2.34. The van der Waals surface area contributed by atoms with Gasteiger partial charge in [-0.05, 0) is 69.0 Å². The fourth-order valence-electron chi connectivity index (χ4n) is 4.01. The predicted molar refractivity (Wildman–Crippen MR) is 127 cm³/mol.